The van der Waals surface area contributed by atoms with Crippen molar-refractivity contribution < 1.29 is 80.9 Å². The van der Waals surface area contributed by atoms with Crippen molar-refractivity contribution in [1.29, 1.82) is 0 Å². The predicted octanol–water partition coefficient (Wildman–Crippen LogP) is 3.14. The highest BCUT2D eigenvalue weighted by Crippen LogP contribution is 2.63. The van der Waals surface area contributed by atoms with E-state index < -0.39 is 71.9 Å². The van der Waals surface area contributed by atoms with Gasteiger partial charge < -0.3 is 10.4 Å². The van der Waals surface area contributed by atoms with Crippen LogP contribution in [-0.4, -0.2) is 70.6 Å². The first-order chi connectivity index (χ1) is 13.4. The normalized spacial score (nSPS) is 24.8. The highest BCUT2D eigenvalue weighted by Gasteiger charge is 2.94. The predicted molar refractivity (Wildman–Crippen MR) is 62.8 cm³/mol. The average molecular weight is 496 g/mol. The van der Waals surface area contributed by atoms with Gasteiger partial charge in [-0.2, -0.15) is 57.1 Å². The number of nitrogens with zero attached hydrogens (tertiary/aromatic N) is 1. The Hall–Kier alpha value is -2.12. The quantitative estimate of drug-likeness (QED) is 0.437. The molecule has 1 unspecified atom stereocenters. The number of ether oxygens (including phenoxy) is 1. The van der Waals surface area contributed by atoms with E-state index in [2.05, 4.69) is 0 Å². The summed E-state index contributed by atoms with van der Waals surface area (Å²) in [7, 11) is 0. The van der Waals surface area contributed by atoms with Crippen LogP contribution in [0.4, 0.5) is 61.5 Å². The first kappa shape index (κ1) is 26.9. The largest absolute Gasteiger partial charge is 0.481 e. The van der Waals surface area contributed by atoms with Crippen molar-refractivity contribution >= 4 is 11.9 Å². The maximum Gasteiger partial charge on any atom is 0.443 e. The molecule has 20 heteroatoms. The van der Waals surface area contributed by atoms with Gasteiger partial charge in [0.2, 0.25) is 0 Å². The summed E-state index contributed by atoms with van der Waals surface area (Å²) >= 11 is 0. The Bertz CT molecular complexity index is 712. The number of aliphatic carboxylic acids is 1. The number of rotatable bonds is 6. The Morgan fingerprint density at radius 2 is 1.23 bits per heavy atom. The van der Waals surface area contributed by atoms with Gasteiger partial charge in [0.1, 0.15) is 0 Å². The second kappa shape index (κ2) is 7.20. The molecule has 0 aromatic rings. The standard InChI is InChI=1S/C11H6F14N2O4/c12-5(13,4(30)26-2-1-3(28)29)6(14,7(15,16)17)27-8(18,19)10(22,23)31-11(24,25)9(27,20)21/h1-2H2,(H,26,30)(H,28,29). The van der Waals surface area contributed by atoms with Gasteiger partial charge in [-0.05, 0) is 0 Å². The molecule has 1 fully saturated rings. The van der Waals surface area contributed by atoms with Crippen molar-refractivity contribution in [1.82, 2.24) is 10.2 Å². The van der Waals surface area contributed by atoms with Crippen LogP contribution in [-0.2, 0) is 14.3 Å². The highest BCUT2D eigenvalue weighted by molar-refractivity contribution is 5.85. The van der Waals surface area contributed by atoms with E-state index in [0.717, 1.165) is 0 Å². The third-order valence-corrected chi connectivity index (χ3v) is 3.53. The van der Waals surface area contributed by atoms with E-state index in [9.17, 15) is 71.1 Å². The molecule has 1 atom stereocenters. The van der Waals surface area contributed by atoms with Gasteiger partial charge in [-0.25, -0.2) is 9.13 Å². The number of morpholine rings is 1. The lowest BCUT2D eigenvalue weighted by atomic mass is 10.00. The lowest BCUT2D eigenvalue weighted by Gasteiger charge is -2.52. The topological polar surface area (TPSA) is 78.9 Å². The van der Waals surface area contributed by atoms with Crippen LogP contribution in [0.3, 0.4) is 0 Å². The number of carbonyl (C=O) groups excluding carboxylic acids is 1. The summed E-state index contributed by atoms with van der Waals surface area (Å²) in [5.41, 5.74) is 0. The zero-order valence-corrected chi connectivity index (χ0v) is 13.8. The van der Waals surface area contributed by atoms with Crippen molar-refractivity contribution in [3.8, 4) is 0 Å². The number of hydrogen-bond acceptors (Lipinski definition) is 4. The molecule has 0 bridgehead atoms. The van der Waals surface area contributed by atoms with E-state index in [0.29, 0.717) is 5.32 Å². The zero-order valence-electron chi connectivity index (χ0n) is 13.8. The third-order valence-electron chi connectivity index (χ3n) is 3.53. The first-order valence-corrected chi connectivity index (χ1v) is 7.06. The Balaban J connectivity index is 3.79. The van der Waals surface area contributed by atoms with Crippen LogP contribution in [0.15, 0.2) is 0 Å². The number of hydrogen-bond donors (Lipinski definition) is 2. The SMILES string of the molecule is O=C(O)CCNC(=O)C(F)(F)C(F)(N1C(F)(F)C(F)(F)OC(F)(F)C1(F)F)C(F)(F)F. The van der Waals surface area contributed by atoms with E-state index in [-0.39, 0.29) is 0 Å². The fourth-order valence-corrected chi connectivity index (χ4v) is 2.10. The summed E-state index contributed by atoms with van der Waals surface area (Å²) in [6, 6.07) is -15.1. The summed E-state index contributed by atoms with van der Waals surface area (Å²) in [6.07, 6.45) is -23.4. The molecule has 0 radical (unpaired) electrons. The van der Waals surface area contributed by atoms with Crippen LogP contribution >= 0.6 is 0 Å². The molecule has 0 aromatic carbocycles. The van der Waals surface area contributed by atoms with Crippen molar-refractivity contribution in [2.45, 2.75) is 48.6 Å². The number of nitrogens with one attached hydrogen (secondary N) is 1. The van der Waals surface area contributed by atoms with E-state index >= 15 is 0 Å². The van der Waals surface area contributed by atoms with Crippen LogP contribution < -0.4 is 5.32 Å². The second-order valence-electron chi connectivity index (χ2n) is 5.65. The van der Waals surface area contributed by atoms with Crippen LogP contribution in [0.25, 0.3) is 0 Å². The minimum absolute atomic E-state index is 0.535. The number of carbonyl (C=O) groups is 2. The van der Waals surface area contributed by atoms with Gasteiger partial charge in [0.15, 0.2) is 0 Å². The second-order valence-corrected chi connectivity index (χ2v) is 5.65. The van der Waals surface area contributed by atoms with Crippen molar-refractivity contribution in [2.24, 2.45) is 0 Å². The minimum Gasteiger partial charge on any atom is -0.481 e. The van der Waals surface area contributed by atoms with Gasteiger partial charge in [0.05, 0.1) is 6.42 Å². The van der Waals surface area contributed by atoms with Gasteiger partial charge in [-0.15, -0.1) is 4.90 Å². The Kier molecular flexibility index (Phi) is 6.25. The first-order valence-electron chi connectivity index (χ1n) is 7.06. The summed E-state index contributed by atoms with van der Waals surface area (Å²) in [6.45, 7) is -1.57. The number of carboxylic acids is 1. The minimum atomic E-state index is -7.91. The van der Waals surface area contributed by atoms with Crippen molar-refractivity contribution in [3.63, 3.8) is 0 Å². The zero-order chi connectivity index (χ0) is 25.1. The molecule has 0 spiro atoms. The fourth-order valence-electron chi connectivity index (χ4n) is 2.10. The molecule has 182 valence electrons. The average Bonchev–Trinajstić information content (AvgIpc) is 2.50. The number of halogens is 14. The number of amides is 1. The van der Waals surface area contributed by atoms with E-state index in [1.54, 1.807) is 4.74 Å². The lowest BCUT2D eigenvalue weighted by molar-refractivity contribution is -0.593. The van der Waals surface area contributed by atoms with Gasteiger partial charge in [-0.3, -0.25) is 9.59 Å². The molecule has 1 aliphatic heterocycles. The van der Waals surface area contributed by atoms with Gasteiger partial charge >= 0.3 is 48.2 Å². The lowest BCUT2D eigenvalue weighted by Crippen LogP contribution is -2.84. The van der Waals surface area contributed by atoms with Gasteiger partial charge in [-0.1, -0.05) is 0 Å². The molecule has 0 saturated carbocycles. The summed E-state index contributed by atoms with van der Waals surface area (Å²) in [5.74, 6) is -20.8. The molecular formula is C11H6F14N2O4. The van der Waals surface area contributed by atoms with Gasteiger partial charge in [0, 0.05) is 6.54 Å². The molecule has 1 rings (SSSR count). The molecule has 2 N–H and O–H groups in total. The van der Waals surface area contributed by atoms with Crippen LogP contribution in [0.2, 0.25) is 0 Å². The Labute approximate surface area is 159 Å². The van der Waals surface area contributed by atoms with Crippen molar-refractivity contribution in [2.75, 3.05) is 6.54 Å². The summed E-state index contributed by atoms with van der Waals surface area (Å²) in [4.78, 5) is 17.2. The molecule has 6 nitrogen and oxygen atoms in total. The highest BCUT2D eigenvalue weighted by atomic mass is 19.4. The van der Waals surface area contributed by atoms with E-state index in [4.69, 9.17) is 5.11 Å². The Morgan fingerprint density at radius 1 is 0.839 bits per heavy atom. The number of alkyl halides is 14. The molecule has 0 aromatic heterocycles. The Morgan fingerprint density at radius 3 is 1.55 bits per heavy atom. The molecule has 0 aliphatic carbocycles. The van der Waals surface area contributed by atoms with E-state index in [1.807, 2.05) is 0 Å². The van der Waals surface area contributed by atoms with E-state index in [1.165, 1.54) is 0 Å². The maximum atomic E-state index is 14.5. The fraction of sp³-hybridized carbons (Fsp3) is 0.818. The molecule has 1 saturated heterocycles. The smallest absolute Gasteiger partial charge is 0.443 e. The van der Waals surface area contributed by atoms with Crippen LogP contribution in [0.5, 0.6) is 0 Å². The molecule has 1 heterocycles. The van der Waals surface area contributed by atoms with Crippen LogP contribution in [0.1, 0.15) is 6.42 Å². The summed E-state index contributed by atoms with van der Waals surface area (Å²) in [5, 5.41) is 8.73. The molecule has 1 aliphatic rings. The maximum absolute atomic E-state index is 14.5. The van der Waals surface area contributed by atoms with Crippen molar-refractivity contribution in [3.05, 3.63) is 0 Å². The molecular weight excluding hydrogens is 490 g/mol. The number of carboxylic acid groups (broad SMARTS) is 1. The third kappa shape index (κ3) is 3.82. The summed E-state index contributed by atoms with van der Waals surface area (Å²) < 4.78 is 190. The molecule has 1 amide bonds. The monoisotopic (exact) mass is 496 g/mol. The molecule has 31 heavy (non-hydrogen) atoms. The van der Waals surface area contributed by atoms with Crippen LogP contribution in [0, 0.1) is 0 Å². The van der Waals surface area contributed by atoms with Gasteiger partial charge in [0.25, 0.3) is 5.91 Å².